The highest BCUT2D eigenvalue weighted by atomic mass is 16.4. The van der Waals surface area contributed by atoms with Crippen molar-refractivity contribution in [1.82, 2.24) is 5.32 Å². The smallest absolute Gasteiger partial charge is 0.342 e. The van der Waals surface area contributed by atoms with Crippen molar-refractivity contribution < 1.29 is 14.5 Å². The molecule has 0 bridgehead atoms. The molecule has 0 unspecified atom stereocenters. The van der Waals surface area contributed by atoms with Crippen LogP contribution in [0.1, 0.15) is 25.7 Å². The Morgan fingerprint density at radius 2 is 2.00 bits per heavy atom. The Kier molecular flexibility index (Phi) is 6.53. The van der Waals surface area contributed by atoms with Gasteiger partial charge < -0.3 is 5.11 Å². The molecule has 5 nitrogen and oxygen atoms in total. The molecule has 0 fully saturated rings. The molecule has 0 heterocycles. The first-order chi connectivity index (χ1) is 6.54. The average Bonchev–Trinajstić information content (AvgIpc) is 2.09. The summed E-state index contributed by atoms with van der Waals surface area (Å²) < 4.78 is 1.80. The Labute approximate surface area is 84.6 Å². The van der Waals surface area contributed by atoms with Gasteiger partial charge in [-0.05, 0) is 19.3 Å². The predicted molar refractivity (Wildman–Crippen MR) is 55.4 cm³/mol. The van der Waals surface area contributed by atoms with Gasteiger partial charge in [0.2, 0.25) is 0 Å². The summed E-state index contributed by atoms with van der Waals surface area (Å²) in [5, 5.41) is 11.4. The maximum Gasteiger partial charge on any atom is 0.342 e. The van der Waals surface area contributed by atoms with Crippen LogP contribution >= 0.6 is 0 Å². The maximum atomic E-state index is 10.2. The van der Waals surface area contributed by atoms with Crippen LogP contribution in [0, 0.1) is 0 Å². The summed E-state index contributed by atoms with van der Waals surface area (Å²) in [7, 11) is 3.74. The van der Waals surface area contributed by atoms with Crippen LogP contribution in [0.25, 0.3) is 0 Å². The molecule has 0 aliphatic carbocycles. The van der Waals surface area contributed by atoms with Gasteiger partial charge in [-0.1, -0.05) is 0 Å². The highest BCUT2D eigenvalue weighted by Crippen LogP contribution is 1.98. The van der Waals surface area contributed by atoms with Gasteiger partial charge in [-0.15, -0.1) is 0 Å². The Bertz CT molecular complexity index is 210. The second-order valence-electron chi connectivity index (χ2n) is 3.41. The summed E-state index contributed by atoms with van der Waals surface area (Å²) >= 11 is 0. The molecule has 0 aromatic carbocycles. The molecule has 0 aromatic rings. The van der Waals surface area contributed by atoms with Gasteiger partial charge in [0.25, 0.3) is 0 Å². The molecule has 5 heteroatoms. The van der Waals surface area contributed by atoms with Gasteiger partial charge >= 0.3 is 11.9 Å². The minimum atomic E-state index is -0.725. The van der Waals surface area contributed by atoms with E-state index in [9.17, 15) is 4.79 Å². The lowest BCUT2D eigenvalue weighted by Crippen LogP contribution is -2.38. The van der Waals surface area contributed by atoms with Gasteiger partial charge in [0.15, 0.2) is 0 Å². The van der Waals surface area contributed by atoms with Crippen molar-refractivity contribution in [2.45, 2.75) is 25.7 Å². The van der Waals surface area contributed by atoms with E-state index < -0.39 is 5.97 Å². The van der Waals surface area contributed by atoms with E-state index in [1.165, 1.54) is 0 Å². The van der Waals surface area contributed by atoms with Crippen molar-refractivity contribution in [3.8, 4) is 0 Å². The highest BCUT2D eigenvalue weighted by Gasteiger charge is 2.00. The number of rotatable bonds is 6. The summed E-state index contributed by atoms with van der Waals surface area (Å²) in [6.07, 6.45) is 2.85. The Morgan fingerprint density at radius 3 is 2.50 bits per heavy atom. The maximum absolute atomic E-state index is 10.2. The zero-order valence-corrected chi connectivity index (χ0v) is 8.92. The number of guanidine groups is 1. The molecule has 14 heavy (non-hydrogen) atoms. The number of hydrogen-bond donors (Lipinski definition) is 3. The largest absolute Gasteiger partial charge is 0.481 e. The number of carbonyl (C=O) groups is 1. The first kappa shape index (κ1) is 12.7. The molecule has 0 aliphatic heterocycles. The molecular formula is C9H20N3O2+. The van der Waals surface area contributed by atoms with Gasteiger partial charge in [-0.25, -0.2) is 0 Å². The predicted octanol–water partition coefficient (Wildman–Crippen LogP) is -0.192. The number of unbranched alkanes of at least 4 members (excludes halogenated alkanes) is 2. The van der Waals surface area contributed by atoms with Crippen LogP contribution < -0.4 is 11.1 Å². The van der Waals surface area contributed by atoms with Crippen LogP contribution in [0.5, 0.6) is 0 Å². The van der Waals surface area contributed by atoms with Gasteiger partial charge in [0.1, 0.15) is 0 Å². The van der Waals surface area contributed by atoms with Crippen molar-refractivity contribution in [2.75, 3.05) is 20.6 Å². The van der Waals surface area contributed by atoms with Gasteiger partial charge in [-0.2, -0.15) is 0 Å². The normalized spacial score (nSPS) is 9.57. The van der Waals surface area contributed by atoms with Crippen molar-refractivity contribution in [3.05, 3.63) is 0 Å². The third-order valence-corrected chi connectivity index (χ3v) is 1.86. The highest BCUT2D eigenvalue weighted by molar-refractivity contribution is 5.72. The summed E-state index contributed by atoms with van der Waals surface area (Å²) in [4.78, 5) is 10.2. The minimum absolute atomic E-state index is 0.257. The molecule has 0 spiro atoms. The van der Waals surface area contributed by atoms with E-state index in [-0.39, 0.29) is 6.42 Å². The van der Waals surface area contributed by atoms with Crippen molar-refractivity contribution in [3.63, 3.8) is 0 Å². The first-order valence-electron chi connectivity index (χ1n) is 4.79. The monoisotopic (exact) mass is 202 g/mol. The lowest BCUT2D eigenvalue weighted by atomic mass is 10.2. The van der Waals surface area contributed by atoms with Crippen molar-refractivity contribution >= 4 is 11.9 Å². The van der Waals surface area contributed by atoms with Crippen molar-refractivity contribution in [1.29, 1.82) is 0 Å². The molecule has 0 amide bonds. The standard InChI is InChI=1S/C9H19N3O2/c1-12(2)9(10)11-7-5-3-4-6-8(13)14/h3-7H2,1-2H3,(H3,10,11,13,14)/p+1. The number of carboxylic acid groups (broad SMARTS) is 1. The number of nitrogens with two attached hydrogens (primary N) is 1. The van der Waals surface area contributed by atoms with E-state index in [2.05, 4.69) is 5.32 Å². The minimum Gasteiger partial charge on any atom is -0.481 e. The fraction of sp³-hybridized carbons (Fsp3) is 0.778. The number of nitrogens with one attached hydrogen (secondary N) is 1. The average molecular weight is 202 g/mol. The summed E-state index contributed by atoms with van der Waals surface area (Å²) in [5.41, 5.74) is 5.62. The van der Waals surface area contributed by atoms with Crippen LogP contribution in [-0.2, 0) is 4.79 Å². The molecule has 0 saturated carbocycles. The summed E-state index contributed by atoms with van der Waals surface area (Å²) in [6, 6.07) is 0. The van der Waals surface area contributed by atoms with Crippen molar-refractivity contribution in [2.24, 2.45) is 5.73 Å². The van der Waals surface area contributed by atoms with Gasteiger partial charge in [0.05, 0.1) is 20.6 Å². The molecule has 0 atom stereocenters. The van der Waals surface area contributed by atoms with Crippen LogP contribution in [0.15, 0.2) is 0 Å². The van der Waals surface area contributed by atoms with E-state index in [0.29, 0.717) is 5.96 Å². The van der Waals surface area contributed by atoms with Gasteiger partial charge in [-0.3, -0.25) is 20.4 Å². The van der Waals surface area contributed by atoms with Crippen LogP contribution in [0.4, 0.5) is 0 Å². The van der Waals surface area contributed by atoms with E-state index in [1.807, 2.05) is 14.1 Å². The number of hydrogen-bond acceptors (Lipinski definition) is 1. The van der Waals surface area contributed by atoms with E-state index >= 15 is 0 Å². The lowest BCUT2D eigenvalue weighted by Gasteiger charge is -2.01. The van der Waals surface area contributed by atoms with E-state index in [0.717, 1.165) is 25.8 Å². The fourth-order valence-corrected chi connectivity index (χ4v) is 0.953. The third-order valence-electron chi connectivity index (χ3n) is 1.86. The van der Waals surface area contributed by atoms with Crippen LogP contribution in [0.3, 0.4) is 0 Å². The summed E-state index contributed by atoms with van der Waals surface area (Å²) in [6.45, 7) is 0.795. The Hall–Kier alpha value is -1.26. The Morgan fingerprint density at radius 1 is 1.36 bits per heavy atom. The molecule has 82 valence electrons. The summed E-state index contributed by atoms with van der Waals surface area (Å²) in [5.74, 6) is -0.0828. The third kappa shape index (κ3) is 7.39. The number of carboxylic acids is 1. The lowest BCUT2D eigenvalue weighted by molar-refractivity contribution is -0.467. The van der Waals surface area contributed by atoms with Gasteiger partial charge in [0, 0.05) is 6.42 Å². The van der Waals surface area contributed by atoms with E-state index in [1.54, 1.807) is 4.58 Å². The second kappa shape index (κ2) is 7.17. The fourth-order valence-electron chi connectivity index (χ4n) is 0.953. The van der Waals surface area contributed by atoms with E-state index in [4.69, 9.17) is 10.8 Å². The SMILES string of the molecule is C[N+](C)=C(N)NCCCCCC(=O)O. The molecule has 0 aliphatic rings. The first-order valence-corrected chi connectivity index (χ1v) is 4.79. The molecule has 0 radical (unpaired) electrons. The molecule has 4 N–H and O–H groups in total. The molecule has 0 saturated heterocycles. The molecular weight excluding hydrogens is 182 g/mol. The zero-order valence-electron chi connectivity index (χ0n) is 8.92. The molecule has 0 rings (SSSR count). The molecule has 0 aromatic heterocycles. The topological polar surface area (TPSA) is 78.4 Å². The quantitative estimate of drug-likeness (QED) is 0.241. The number of aliphatic carboxylic acids is 1. The van der Waals surface area contributed by atoms with Crippen LogP contribution in [0.2, 0.25) is 0 Å². The Balaban J connectivity index is 3.31. The van der Waals surface area contributed by atoms with Crippen LogP contribution in [-0.4, -0.2) is 42.3 Å². The zero-order chi connectivity index (χ0) is 11.0. The second-order valence-corrected chi connectivity index (χ2v) is 3.41. The number of nitrogens with zero attached hydrogens (tertiary/aromatic N) is 1.